The Morgan fingerprint density at radius 2 is 1.12 bits per heavy atom. The standard InChI is InChI=1S/C23H47NO2/c1-2-3-4-5-6-7-8-9-10-11-12-13-14-15-16-17-20-24-23(18-21-25)19-22-26/h9-10,23-26H,2-8,11-22H2,1H3/b10-9+. The molecule has 0 aliphatic heterocycles. The number of unbranched alkanes of at least 4 members (excludes halogenated alkanes) is 12. The van der Waals surface area contributed by atoms with Crippen molar-refractivity contribution in [2.24, 2.45) is 0 Å². The number of aliphatic hydroxyl groups is 2. The predicted molar refractivity (Wildman–Crippen MR) is 115 cm³/mol. The van der Waals surface area contributed by atoms with Gasteiger partial charge in [0.05, 0.1) is 0 Å². The largest absolute Gasteiger partial charge is 0.396 e. The molecule has 0 atom stereocenters. The summed E-state index contributed by atoms with van der Waals surface area (Å²) >= 11 is 0. The third-order valence-corrected chi connectivity index (χ3v) is 5.08. The van der Waals surface area contributed by atoms with Crippen molar-refractivity contribution in [2.75, 3.05) is 19.8 Å². The molecule has 0 aromatic heterocycles. The molecule has 0 rings (SSSR count). The summed E-state index contributed by atoms with van der Waals surface area (Å²) in [5.41, 5.74) is 0. The van der Waals surface area contributed by atoms with E-state index in [2.05, 4.69) is 24.4 Å². The van der Waals surface area contributed by atoms with Crippen LogP contribution in [-0.2, 0) is 0 Å². The summed E-state index contributed by atoms with van der Waals surface area (Å²) in [4.78, 5) is 0. The molecule has 0 radical (unpaired) electrons. The van der Waals surface area contributed by atoms with Crippen LogP contribution in [0.3, 0.4) is 0 Å². The summed E-state index contributed by atoms with van der Waals surface area (Å²) in [5, 5.41) is 21.4. The molecule has 0 fully saturated rings. The van der Waals surface area contributed by atoms with Gasteiger partial charge in [-0.25, -0.2) is 0 Å². The van der Waals surface area contributed by atoms with Gasteiger partial charge in [0.1, 0.15) is 0 Å². The molecule has 156 valence electrons. The molecule has 3 heteroatoms. The Morgan fingerprint density at radius 1 is 0.654 bits per heavy atom. The summed E-state index contributed by atoms with van der Waals surface area (Å²) in [7, 11) is 0. The first kappa shape index (κ1) is 25.6. The van der Waals surface area contributed by atoms with Crippen LogP contribution in [0.25, 0.3) is 0 Å². The summed E-state index contributed by atoms with van der Waals surface area (Å²) < 4.78 is 0. The maximum absolute atomic E-state index is 8.98. The lowest BCUT2D eigenvalue weighted by molar-refractivity contribution is 0.227. The van der Waals surface area contributed by atoms with Crippen molar-refractivity contribution in [3.05, 3.63) is 12.2 Å². The van der Waals surface area contributed by atoms with Crippen molar-refractivity contribution in [1.29, 1.82) is 0 Å². The number of hydrogen-bond donors (Lipinski definition) is 3. The van der Waals surface area contributed by atoms with Crippen LogP contribution in [0.2, 0.25) is 0 Å². The minimum Gasteiger partial charge on any atom is -0.396 e. The molecule has 0 unspecified atom stereocenters. The second-order valence-electron chi connectivity index (χ2n) is 7.61. The molecule has 0 aliphatic rings. The first-order valence-electron chi connectivity index (χ1n) is 11.4. The molecule has 0 spiro atoms. The molecule has 0 saturated heterocycles. The zero-order valence-corrected chi connectivity index (χ0v) is 17.6. The summed E-state index contributed by atoms with van der Waals surface area (Å²) in [6.45, 7) is 3.68. The lowest BCUT2D eigenvalue weighted by Crippen LogP contribution is -2.31. The highest BCUT2D eigenvalue weighted by Gasteiger charge is 2.05. The van der Waals surface area contributed by atoms with Crippen LogP contribution < -0.4 is 5.32 Å². The average molecular weight is 370 g/mol. The Morgan fingerprint density at radius 3 is 1.62 bits per heavy atom. The van der Waals surface area contributed by atoms with E-state index < -0.39 is 0 Å². The molecule has 0 saturated carbocycles. The lowest BCUT2D eigenvalue weighted by Gasteiger charge is -2.16. The van der Waals surface area contributed by atoms with Crippen LogP contribution in [0.5, 0.6) is 0 Å². The summed E-state index contributed by atoms with van der Waals surface area (Å²) in [6, 6.07) is 0.271. The Bertz CT molecular complexity index is 275. The van der Waals surface area contributed by atoms with Gasteiger partial charge >= 0.3 is 0 Å². The third kappa shape index (κ3) is 19.9. The van der Waals surface area contributed by atoms with E-state index in [1.807, 2.05) is 0 Å². The van der Waals surface area contributed by atoms with E-state index in [0.717, 1.165) is 19.4 Å². The number of aliphatic hydroxyl groups excluding tert-OH is 2. The molecule has 0 aromatic rings. The molecule has 26 heavy (non-hydrogen) atoms. The van der Waals surface area contributed by atoms with Crippen molar-refractivity contribution in [3.63, 3.8) is 0 Å². The maximum atomic E-state index is 8.98. The van der Waals surface area contributed by atoms with Crippen LogP contribution in [-0.4, -0.2) is 36.0 Å². The summed E-state index contributed by atoms with van der Waals surface area (Å²) in [6.07, 6.45) is 25.0. The van der Waals surface area contributed by atoms with E-state index >= 15 is 0 Å². The van der Waals surface area contributed by atoms with Crippen molar-refractivity contribution < 1.29 is 10.2 Å². The fourth-order valence-corrected chi connectivity index (χ4v) is 3.34. The average Bonchev–Trinajstić information content (AvgIpc) is 2.64. The van der Waals surface area contributed by atoms with Gasteiger partial charge in [0, 0.05) is 19.3 Å². The topological polar surface area (TPSA) is 52.5 Å². The Balaban J connectivity index is 3.22. The van der Waals surface area contributed by atoms with Gasteiger partial charge in [-0.1, -0.05) is 76.9 Å². The van der Waals surface area contributed by atoms with Gasteiger partial charge in [-0.2, -0.15) is 0 Å². The fraction of sp³-hybridized carbons (Fsp3) is 0.913. The van der Waals surface area contributed by atoms with E-state index in [4.69, 9.17) is 10.2 Å². The number of allylic oxidation sites excluding steroid dienone is 2. The van der Waals surface area contributed by atoms with Crippen molar-refractivity contribution >= 4 is 0 Å². The van der Waals surface area contributed by atoms with Gasteiger partial charge in [-0.05, 0) is 51.5 Å². The molecular formula is C23H47NO2. The Labute approximate surface area is 163 Å². The molecule has 0 bridgehead atoms. The molecule has 3 N–H and O–H groups in total. The zero-order valence-electron chi connectivity index (χ0n) is 17.6. The van der Waals surface area contributed by atoms with Crippen LogP contribution >= 0.6 is 0 Å². The predicted octanol–water partition coefficient (Wildman–Crippen LogP) is 5.75. The van der Waals surface area contributed by atoms with Crippen molar-refractivity contribution in [3.8, 4) is 0 Å². The lowest BCUT2D eigenvalue weighted by atomic mass is 10.1. The highest BCUT2D eigenvalue weighted by atomic mass is 16.3. The smallest absolute Gasteiger partial charge is 0.0445 e. The molecule has 0 aliphatic carbocycles. The van der Waals surface area contributed by atoms with Gasteiger partial charge in [0.25, 0.3) is 0 Å². The van der Waals surface area contributed by atoms with E-state index in [1.165, 1.54) is 89.9 Å². The van der Waals surface area contributed by atoms with Crippen LogP contribution in [0.4, 0.5) is 0 Å². The molecular weight excluding hydrogens is 322 g/mol. The third-order valence-electron chi connectivity index (χ3n) is 5.08. The quantitative estimate of drug-likeness (QED) is 0.178. The highest BCUT2D eigenvalue weighted by molar-refractivity contribution is 4.81. The van der Waals surface area contributed by atoms with Crippen LogP contribution in [0, 0.1) is 0 Å². The van der Waals surface area contributed by atoms with E-state index in [0.29, 0.717) is 0 Å². The monoisotopic (exact) mass is 369 g/mol. The minimum absolute atomic E-state index is 0.199. The first-order chi connectivity index (χ1) is 12.8. The Hall–Kier alpha value is -0.380. The van der Waals surface area contributed by atoms with Gasteiger partial charge in [0.15, 0.2) is 0 Å². The minimum atomic E-state index is 0.199. The number of nitrogens with one attached hydrogen (secondary N) is 1. The second kappa shape index (κ2) is 22.7. The SMILES string of the molecule is CCCCCCCC/C=C/CCCCCCCCNC(CCO)CCO. The second-order valence-corrected chi connectivity index (χ2v) is 7.61. The van der Waals surface area contributed by atoms with E-state index in [1.54, 1.807) is 0 Å². The van der Waals surface area contributed by atoms with Gasteiger partial charge in [-0.15, -0.1) is 0 Å². The number of rotatable bonds is 21. The molecule has 0 amide bonds. The van der Waals surface area contributed by atoms with Gasteiger partial charge in [0.2, 0.25) is 0 Å². The van der Waals surface area contributed by atoms with Crippen LogP contribution in [0.1, 0.15) is 110 Å². The maximum Gasteiger partial charge on any atom is 0.0445 e. The van der Waals surface area contributed by atoms with Crippen molar-refractivity contribution in [1.82, 2.24) is 5.32 Å². The molecule has 0 aromatic carbocycles. The fourth-order valence-electron chi connectivity index (χ4n) is 3.34. The molecule has 3 nitrogen and oxygen atoms in total. The molecule has 0 heterocycles. The van der Waals surface area contributed by atoms with Gasteiger partial charge < -0.3 is 15.5 Å². The Kier molecular flexibility index (Phi) is 22.3. The van der Waals surface area contributed by atoms with Gasteiger partial charge in [-0.3, -0.25) is 0 Å². The van der Waals surface area contributed by atoms with Crippen molar-refractivity contribution in [2.45, 2.75) is 116 Å². The van der Waals surface area contributed by atoms with E-state index in [-0.39, 0.29) is 19.3 Å². The number of hydrogen-bond acceptors (Lipinski definition) is 3. The summed E-state index contributed by atoms with van der Waals surface area (Å²) in [5.74, 6) is 0. The normalized spacial score (nSPS) is 11.8. The highest BCUT2D eigenvalue weighted by Crippen LogP contribution is 2.10. The zero-order chi connectivity index (χ0) is 19.1. The van der Waals surface area contributed by atoms with E-state index in [9.17, 15) is 0 Å². The first-order valence-corrected chi connectivity index (χ1v) is 11.4. The van der Waals surface area contributed by atoms with Crippen LogP contribution in [0.15, 0.2) is 12.2 Å².